The van der Waals surface area contributed by atoms with Crippen molar-refractivity contribution >= 4 is 10.9 Å². The van der Waals surface area contributed by atoms with E-state index in [0.717, 1.165) is 19.5 Å². The fourth-order valence-corrected chi connectivity index (χ4v) is 3.32. The summed E-state index contributed by atoms with van der Waals surface area (Å²) in [6, 6.07) is 19.5. The van der Waals surface area contributed by atoms with E-state index >= 15 is 0 Å². The van der Waals surface area contributed by atoms with Gasteiger partial charge in [-0.05, 0) is 30.8 Å². The molecule has 2 nitrogen and oxygen atoms in total. The molecule has 3 aromatic rings. The summed E-state index contributed by atoms with van der Waals surface area (Å²) in [5, 5.41) is 1.40. The lowest BCUT2D eigenvalue weighted by atomic mass is 10.1. The summed E-state index contributed by atoms with van der Waals surface area (Å²) in [7, 11) is 2.21. The monoisotopic (exact) mass is 262 g/mol. The minimum Gasteiger partial charge on any atom is -0.313 e. The number of hydrogen-bond donors (Lipinski definition) is 0. The number of rotatable bonds is 1. The Labute approximate surface area is 119 Å². The van der Waals surface area contributed by atoms with E-state index in [1.807, 2.05) is 0 Å². The van der Waals surface area contributed by atoms with Crippen LogP contribution >= 0.6 is 0 Å². The molecule has 1 aromatic heterocycles. The van der Waals surface area contributed by atoms with Crippen molar-refractivity contribution in [1.29, 1.82) is 0 Å². The van der Waals surface area contributed by atoms with Gasteiger partial charge in [0.2, 0.25) is 0 Å². The number of fused-ring (bicyclic) bond motifs is 3. The van der Waals surface area contributed by atoms with Crippen LogP contribution in [-0.2, 0) is 13.0 Å². The molecule has 0 N–H and O–H groups in total. The molecule has 2 heterocycles. The molecule has 2 aromatic carbocycles. The Morgan fingerprint density at radius 2 is 1.65 bits per heavy atom. The topological polar surface area (TPSA) is 8.17 Å². The Morgan fingerprint density at radius 3 is 2.50 bits per heavy atom. The number of benzene rings is 2. The van der Waals surface area contributed by atoms with Gasteiger partial charge in [-0.1, -0.05) is 36.4 Å². The van der Waals surface area contributed by atoms with Crippen molar-refractivity contribution in [3.8, 4) is 5.69 Å². The SMILES string of the molecule is CN1CCc2c(c3ccccc3n2-c2ccccc2)C1. The second-order valence-corrected chi connectivity index (χ2v) is 5.60. The van der Waals surface area contributed by atoms with Crippen LogP contribution in [0.4, 0.5) is 0 Å². The number of aromatic nitrogens is 1. The summed E-state index contributed by atoms with van der Waals surface area (Å²) in [6.07, 6.45) is 1.12. The minimum absolute atomic E-state index is 1.05. The summed E-state index contributed by atoms with van der Waals surface area (Å²) >= 11 is 0. The molecular formula is C18H18N2. The summed E-state index contributed by atoms with van der Waals surface area (Å²) in [6.45, 7) is 2.19. The summed E-state index contributed by atoms with van der Waals surface area (Å²) in [5.41, 5.74) is 5.59. The molecule has 100 valence electrons. The van der Waals surface area contributed by atoms with Crippen molar-refractivity contribution in [3.63, 3.8) is 0 Å². The maximum Gasteiger partial charge on any atom is 0.0534 e. The van der Waals surface area contributed by atoms with E-state index in [9.17, 15) is 0 Å². The zero-order chi connectivity index (χ0) is 13.5. The van der Waals surface area contributed by atoms with Gasteiger partial charge >= 0.3 is 0 Å². The van der Waals surface area contributed by atoms with E-state index < -0.39 is 0 Å². The van der Waals surface area contributed by atoms with Gasteiger partial charge in [0.1, 0.15) is 0 Å². The normalized spacial score (nSPS) is 15.4. The first-order valence-electron chi connectivity index (χ1n) is 7.20. The first-order chi connectivity index (χ1) is 9.84. The fraction of sp³-hybridized carbons (Fsp3) is 0.222. The Kier molecular flexibility index (Phi) is 2.64. The highest BCUT2D eigenvalue weighted by Crippen LogP contribution is 2.32. The van der Waals surface area contributed by atoms with E-state index in [2.05, 4.69) is 71.1 Å². The molecule has 1 aliphatic heterocycles. The molecule has 0 unspecified atom stereocenters. The van der Waals surface area contributed by atoms with Crippen LogP contribution in [0.25, 0.3) is 16.6 Å². The molecule has 20 heavy (non-hydrogen) atoms. The minimum atomic E-state index is 1.05. The third-order valence-electron chi connectivity index (χ3n) is 4.26. The average molecular weight is 262 g/mol. The maximum absolute atomic E-state index is 2.44. The van der Waals surface area contributed by atoms with Gasteiger partial charge in [-0.25, -0.2) is 0 Å². The van der Waals surface area contributed by atoms with E-state index in [4.69, 9.17) is 0 Å². The number of nitrogens with zero attached hydrogens (tertiary/aromatic N) is 2. The number of likely N-dealkylation sites (N-methyl/N-ethyl adjacent to an activating group) is 1. The van der Waals surface area contributed by atoms with Crippen molar-refractivity contribution in [2.24, 2.45) is 0 Å². The second kappa shape index (κ2) is 4.50. The highest BCUT2D eigenvalue weighted by Gasteiger charge is 2.22. The lowest BCUT2D eigenvalue weighted by Crippen LogP contribution is -2.27. The molecular weight excluding hydrogens is 244 g/mol. The van der Waals surface area contributed by atoms with Gasteiger partial charge in [0.25, 0.3) is 0 Å². The molecule has 0 aliphatic carbocycles. The molecule has 4 rings (SSSR count). The third-order valence-corrected chi connectivity index (χ3v) is 4.26. The first kappa shape index (κ1) is 11.7. The van der Waals surface area contributed by atoms with Crippen LogP contribution in [0.2, 0.25) is 0 Å². The zero-order valence-electron chi connectivity index (χ0n) is 11.7. The summed E-state index contributed by atoms with van der Waals surface area (Å²) < 4.78 is 2.44. The van der Waals surface area contributed by atoms with Gasteiger partial charge in [-0.2, -0.15) is 0 Å². The van der Waals surface area contributed by atoms with Gasteiger partial charge < -0.3 is 9.47 Å². The van der Waals surface area contributed by atoms with E-state index in [1.54, 1.807) is 0 Å². The lowest BCUT2D eigenvalue weighted by Gasteiger charge is -2.24. The summed E-state index contributed by atoms with van der Waals surface area (Å²) in [5.74, 6) is 0. The molecule has 0 saturated heterocycles. The Bertz CT molecular complexity index is 756. The van der Waals surface area contributed by atoms with E-state index in [0.29, 0.717) is 0 Å². The van der Waals surface area contributed by atoms with E-state index in [-0.39, 0.29) is 0 Å². The van der Waals surface area contributed by atoms with Crippen LogP contribution in [0.3, 0.4) is 0 Å². The molecule has 0 spiro atoms. The van der Waals surface area contributed by atoms with E-state index in [1.165, 1.54) is 27.8 Å². The van der Waals surface area contributed by atoms with Crippen LogP contribution in [0.5, 0.6) is 0 Å². The van der Waals surface area contributed by atoms with Crippen molar-refractivity contribution in [1.82, 2.24) is 9.47 Å². The van der Waals surface area contributed by atoms with Gasteiger partial charge in [0, 0.05) is 36.3 Å². The van der Waals surface area contributed by atoms with Crippen LogP contribution in [0.15, 0.2) is 54.6 Å². The Balaban J connectivity index is 2.06. The highest BCUT2D eigenvalue weighted by atomic mass is 15.1. The molecule has 0 fully saturated rings. The average Bonchev–Trinajstić information content (AvgIpc) is 2.82. The van der Waals surface area contributed by atoms with Crippen LogP contribution in [0, 0.1) is 0 Å². The molecule has 0 radical (unpaired) electrons. The predicted molar refractivity (Wildman–Crippen MR) is 83.3 cm³/mol. The third kappa shape index (κ3) is 1.69. The Morgan fingerprint density at radius 1 is 0.900 bits per heavy atom. The van der Waals surface area contributed by atoms with Crippen LogP contribution in [-0.4, -0.2) is 23.1 Å². The molecule has 0 amide bonds. The molecule has 2 heteroatoms. The largest absolute Gasteiger partial charge is 0.313 e. The number of para-hydroxylation sites is 2. The molecule has 0 saturated carbocycles. The lowest BCUT2D eigenvalue weighted by molar-refractivity contribution is 0.311. The Hall–Kier alpha value is -2.06. The number of hydrogen-bond acceptors (Lipinski definition) is 1. The van der Waals surface area contributed by atoms with Crippen molar-refractivity contribution in [2.75, 3.05) is 13.6 Å². The zero-order valence-corrected chi connectivity index (χ0v) is 11.7. The molecule has 1 aliphatic rings. The smallest absolute Gasteiger partial charge is 0.0534 e. The van der Waals surface area contributed by atoms with Gasteiger partial charge in [0.15, 0.2) is 0 Å². The van der Waals surface area contributed by atoms with Crippen molar-refractivity contribution in [2.45, 2.75) is 13.0 Å². The maximum atomic E-state index is 2.44. The second-order valence-electron chi connectivity index (χ2n) is 5.60. The van der Waals surface area contributed by atoms with Crippen LogP contribution in [0.1, 0.15) is 11.3 Å². The van der Waals surface area contributed by atoms with Gasteiger partial charge in [0.05, 0.1) is 5.52 Å². The van der Waals surface area contributed by atoms with Gasteiger partial charge in [-0.3, -0.25) is 0 Å². The molecule has 0 atom stereocenters. The highest BCUT2D eigenvalue weighted by molar-refractivity contribution is 5.87. The van der Waals surface area contributed by atoms with Crippen molar-refractivity contribution in [3.05, 3.63) is 65.9 Å². The first-order valence-corrected chi connectivity index (χ1v) is 7.20. The predicted octanol–water partition coefficient (Wildman–Crippen LogP) is 3.62. The quantitative estimate of drug-likeness (QED) is 0.650. The van der Waals surface area contributed by atoms with Crippen molar-refractivity contribution < 1.29 is 0 Å². The van der Waals surface area contributed by atoms with Gasteiger partial charge in [-0.15, -0.1) is 0 Å². The fourth-order valence-electron chi connectivity index (χ4n) is 3.32. The standard InChI is InChI=1S/C18H18N2/c1-19-12-11-18-16(13-19)15-9-5-6-10-17(15)20(18)14-7-3-2-4-8-14/h2-10H,11-13H2,1H3. The molecule has 0 bridgehead atoms. The van der Waals surface area contributed by atoms with Crippen LogP contribution < -0.4 is 0 Å². The summed E-state index contributed by atoms with van der Waals surface area (Å²) in [4.78, 5) is 2.41.